The van der Waals surface area contributed by atoms with Crippen LogP contribution in [0.2, 0.25) is 5.02 Å². The molecule has 0 aliphatic rings. The average molecular weight is 347 g/mol. The van der Waals surface area contributed by atoms with Crippen LogP contribution in [0.5, 0.6) is 0 Å². The van der Waals surface area contributed by atoms with E-state index in [-0.39, 0.29) is 0 Å². The molecule has 1 N–H and O–H groups in total. The molecule has 2 rings (SSSR count). The van der Waals surface area contributed by atoms with Gasteiger partial charge in [0.2, 0.25) is 0 Å². The Morgan fingerprint density at radius 2 is 2.22 bits per heavy atom. The molecule has 0 amide bonds. The first-order valence-corrected chi connectivity index (χ1v) is 7.68. The molecule has 1 heterocycles. The van der Waals surface area contributed by atoms with E-state index in [1.807, 2.05) is 18.2 Å². The van der Waals surface area contributed by atoms with Gasteiger partial charge in [-0.15, -0.1) is 10.2 Å². The zero-order valence-corrected chi connectivity index (χ0v) is 13.1. The highest BCUT2D eigenvalue weighted by molar-refractivity contribution is 9.10. The Morgan fingerprint density at radius 3 is 3.00 bits per heavy atom. The van der Waals surface area contributed by atoms with Crippen molar-refractivity contribution in [2.45, 2.75) is 13.3 Å². The molecule has 0 spiro atoms. The lowest BCUT2D eigenvalue weighted by Crippen LogP contribution is -2.15. The maximum Gasteiger partial charge on any atom is 0.149 e. The van der Waals surface area contributed by atoms with E-state index in [0.29, 0.717) is 5.02 Å². The van der Waals surface area contributed by atoms with Gasteiger partial charge in [-0.25, -0.2) is 0 Å². The van der Waals surface area contributed by atoms with Gasteiger partial charge >= 0.3 is 0 Å². The highest BCUT2D eigenvalue weighted by Gasteiger charge is 2.10. The summed E-state index contributed by atoms with van der Waals surface area (Å²) >= 11 is 11.2. The van der Waals surface area contributed by atoms with Crippen LogP contribution in [0.15, 0.2) is 22.7 Å². The van der Waals surface area contributed by atoms with Crippen molar-refractivity contribution in [3.8, 4) is 10.6 Å². The Balaban J connectivity index is 2.16. The van der Waals surface area contributed by atoms with Crippen molar-refractivity contribution in [3.05, 3.63) is 32.7 Å². The van der Waals surface area contributed by atoms with Crippen molar-refractivity contribution < 1.29 is 0 Å². The van der Waals surface area contributed by atoms with Crippen molar-refractivity contribution in [1.29, 1.82) is 0 Å². The number of nitrogens with zero attached hydrogens (tertiary/aromatic N) is 2. The minimum absolute atomic E-state index is 0.701. The second-order valence-electron chi connectivity index (χ2n) is 3.73. The van der Waals surface area contributed by atoms with Crippen LogP contribution in [-0.4, -0.2) is 23.3 Å². The summed E-state index contributed by atoms with van der Waals surface area (Å²) in [5, 5.41) is 14.3. The Bertz CT molecular complexity index is 530. The van der Waals surface area contributed by atoms with Crippen molar-refractivity contribution in [2.75, 3.05) is 13.1 Å². The van der Waals surface area contributed by atoms with Crippen LogP contribution in [-0.2, 0) is 6.42 Å². The standard InChI is InChI=1S/C12H13BrClN3S/c1-2-15-6-5-11-16-17-12(18-11)9-7-8(13)3-4-10(9)14/h3-4,7,15H,2,5-6H2,1H3. The Kier molecular flexibility index (Phi) is 5.12. The molecule has 0 aliphatic heterocycles. The molecule has 96 valence electrons. The maximum absolute atomic E-state index is 6.17. The first kappa shape index (κ1) is 13.9. The van der Waals surface area contributed by atoms with Crippen molar-refractivity contribution >= 4 is 38.9 Å². The number of rotatable bonds is 5. The summed E-state index contributed by atoms with van der Waals surface area (Å²) in [6.45, 7) is 3.99. The number of nitrogens with one attached hydrogen (secondary N) is 1. The summed E-state index contributed by atoms with van der Waals surface area (Å²) in [6, 6.07) is 5.75. The SMILES string of the molecule is CCNCCc1nnc(-c2cc(Br)ccc2Cl)s1. The lowest BCUT2D eigenvalue weighted by molar-refractivity contribution is 0.710. The number of hydrogen-bond donors (Lipinski definition) is 1. The Morgan fingerprint density at radius 1 is 1.39 bits per heavy atom. The van der Waals surface area contributed by atoms with Gasteiger partial charge in [0.25, 0.3) is 0 Å². The van der Waals surface area contributed by atoms with Gasteiger partial charge in [0.15, 0.2) is 0 Å². The van der Waals surface area contributed by atoms with Crippen molar-refractivity contribution in [2.24, 2.45) is 0 Å². The van der Waals surface area contributed by atoms with Crippen LogP contribution in [0, 0.1) is 0 Å². The molecular weight excluding hydrogens is 334 g/mol. The zero-order valence-electron chi connectivity index (χ0n) is 9.91. The maximum atomic E-state index is 6.17. The summed E-state index contributed by atoms with van der Waals surface area (Å²) in [4.78, 5) is 0. The van der Waals surface area contributed by atoms with Crippen molar-refractivity contribution in [1.82, 2.24) is 15.5 Å². The fourth-order valence-corrected chi connectivity index (χ4v) is 2.99. The first-order chi connectivity index (χ1) is 8.70. The van der Waals surface area contributed by atoms with E-state index in [1.165, 1.54) is 0 Å². The third kappa shape index (κ3) is 3.51. The summed E-state index contributed by atoms with van der Waals surface area (Å²) in [5.74, 6) is 0. The van der Waals surface area contributed by atoms with Crippen LogP contribution in [0.25, 0.3) is 10.6 Å². The minimum atomic E-state index is 0.701. The third-order valence-corrected chi connectivity index (χ3v) is 4.23. The molecule has 2 aromatic rings. The third-order valence-electron chi connectivity index (χ3n) is 2.39. The van der Waals surface area contributed by atoms with Gasteiger partial charge in [-0.05, 0) is 24.7 Å². The van der Waals surface area contributed by atoms with Gasteiger partial charge in [0.1, 0.15) is 10.0 Å². The van der Waals surface area contributed by atoms with Crippen LogP contribution in [0.4, 0.5) is 0 Å². The molecule has 0 atom stereocenters. The molecule has 0 fully saturated rings. The van der Waals surface area contributed by atoms with Crippen LogP contribution >= 0.6 is 38.9 Å². The molecule has 6 heteroatoms. The fourth-order valence-electron chi connectivity index (χ4n) is 1.50. The monoisotopic (exact) mass is 345 g/mol. The molecule has 0 bridgehead atoms. The molecule has 0 saturated heterocycles. The fraction of sp³-hybridized carbons (Fsp3) is 0.333. The van der Waals surface area contributed by atoms with E-state index >= 15 is 0 Å². The predicted molar refractivity (Wildman–Crippen MR) is 80.3 cm³/mol. The summed E-state index contributed by atoms with van der Waals surface area (Å²) < 4.78 is 0.992. The predicted octanol–water partition coefficient (Wildman–Crippen LogP) is 3.77. The summed E-state index contributed by atoms with van der Waals surface area (Å²) in [5.41, 5.74) is 0.929. The molecule has 18 heavy (non-hydrogen) atoms. The van der Waals surface area contributed by atoms with E-state index in [4.69, 9.17) is 11.6 Å². The minimum Gasteiger partial charge on any atom is -0.317 e. The molecule has 0 radical (unpaired) electrons. The molecule has 1 aromatic heterocycles. The summed E-state index contributed by atoms with van der Waals surface area (Å²) in [6.07, 6.45) is 0.900. The molecule has 0 aliphatic carbocycles. The van der Waals surface area contributed by atoms with E-state index < -0.39 is 0 Å². The highest BCUT2D eigenvalue weighted by Crippen LogP contribution is 2.32. The zero-order chi connectivity index (χ0) is 13.0. The van der Waals surface area contributed by atoms with E-state index in [1.54, 1.807) is 11.3 Å². The lowest BCUT2D eigenvalue weighted by atomic mass is 10.2. The van der Waals surface area contributed by atoms with Gasteiger partial charge in [-0.1, -0.05) is 45.8 Å². The molecule has 1 aromatic carbocycles. The number of benzene rings is 1. The Hall–Kier alpha value is -0.490. The topological polar surface area (TPSA) is 37.8 Å². The number of aromatic nitrogens is 2. The van der Waals surface area contributed by atoms with Crippen LogP contribution in [0.3, 0.4) is 0 Å². The first-order valence-electron chi connectivity index (χ1n) is 5.69. The normalized spacial score (nSPS) is 10.8. The summed E-state index contributed by atoms with van der Waals surface area (Å²) in [7, 11) is 0. The van der Waals surface area contributed by atoms with Gasteiger partial charge in [0, 0.05) is 23.0 Å². The number of halogens is 2. The van der Waals surface area contributed by atoms with E-state index in [0.717, 1.165) is 39.6 Å². The number of hydrogen-bond acceptors (Lipinski definition) is 4. The van der Waals surface area contributed by atoms with Crippen LogP contribution in [0.1, 0.15) is 11.9 Å². The molecule has 0 saturated carbocycles. The van der Waals surface area contributed by atoms with Gasteiger partial charge in [-0.2, -0.15) is 0 Å². The second kappa shape index (κ2) is 6.61. The van der Waals surface area contributed by atoms with Gasteiger partial charge in [-0.3, -0.25) is 0 Å². The van der Waals surface area contributed by atoms with Gasteiger partial charge in [0.05, 0.1) is 5.02 Å². The Labute approximate surface area is 124 Å². The lowest BCUT2D eigenvalue weighted by Gasteiger charge is -1.99. The molecule has 0 unspecified atom stereocenters. The van der Waals surface area contributed by atoms with Gasteiger partial charge < -0.3 is 5.32 Å². The van der Waals surface area contributed by atoms with E-state index in [9.17, 15) is 0 Å². The van der Waals surface area contributed by atoms with E-state index in [2.05, 4.69) is 38.4 Å². The molecular formula is C12H13BrClN3S. The smallest absolute Gasteiger partial charge is 0.149 e. The highest BCUT2D eigenvalue weighted by atomic mass is 79.9. The van der Waals surface area contributed by atoms with Crippen LogP contribution < -0.4 is 5.32 Å². The largest absolute Gasteiger partial charge is 0.317 e. The van der Waals surface area contributed by atoms with Crippen molar-refractivity contribution in [3.63, 3.8) is 0 Å². The molecule has 3 nitrogen and oxygen atoms in total. The number of likely N-dealkylation sites (N-methyl/N-ethyl adjacent to an activating group) is 1. The quantitative estimate of drug-likeness (QED) is 0.837. The average Bonchev–Trinajstić information content (AvgIpc) is 2.81. The second-order valence-corrected chi connectivity index (χ2v) is 6.11.